The van der Waals surface area contributed by atoms with Crippen molar-refractivity contribution in [3.8, 4) is 5.75 Å². The lowest BCUT2D eigenvalue weighted by molar-refractivity contribution is 0.0939. The summed E-state index contributed by atoms with van der Waals surface area (Å²) in [6.07, 6.45) is 4.41. The number of nitrogens with zero attached hydrogens (tertiary/aromatic N) is 3. The quantitative estimate of drug-likeness (QED) is 0.618. The molecule has 0 aliphatic carbocycles. The molecule has 7 heteroatoms. The van der Waals surface area contributed by atoms with Crippen LogP contribution >= 0.6 is 0 Å². The first-order valence-corrected chi connectivity index (χ1v) is 11.8. The summed E-state index contributed by atoms with van der Waals surface area (Å²) in [4.78, 5) is 22.2. The van der Waals surface area contributed by atoms with E-state index >= 15 is 0 Å². The number of likely N-dealkylation sites (N-methyl/N-ethyl adjacent to an activating group) is 1. The zero-order chi connectivity index (χ0) is 24.4. The maximum atomic E-state index is 13.3. The van der Waals surface area contributed by atoms with E-state index < -0.39 is 0 Å². The van der Waals surface area contributed by atoms with E-state index in [1.807, 2.05) is 38.1 Å². The molecule has 0 spiro atoms. The first-order valence-electron chi connectivity index (χ1n) is 11.8. The third kappa shape index (κ3) is 4.53. The highest BCUT2D eigenvalue weighted by molar-refractivity contribution is 6.10. The fourth-order valence-electron chi connectivity index (χ4n) is 5.13. The number of methoxy groups -OCH3 is 1. The highest BCUT2D eigenvalue weighted by atomic mass is 16.5. The fourth-order valence-corrected chi connectivity index (χ4v) is 5.13. The Bertz CT molecular complexity index is 1120. The Morgan fingerprint density at radius 2 is 2.00 bits per heavy atom. The number of nitrogens with two attached hydrogens (primary N) is 1. The van der Waals surface area contributed by atoms with Crippen molar-refractivity contribution in [2.75, 3.05) is 39.2 Å². The number of rotatable bonds is 7. The maximum absolute atomic E-state index is 13.3. The lowest BCUT2D eigenvalue weighted by Gasteiger charge is -2.34. The van der Waals surface area contributed by atoms with Gasteiger partial charge in [-0.25, -0.2) is 0 Å². The molecule has 2 aliphatic rings. The molecular weight excluding hydrogens is 426 g/mol. The van der Waals surface area contributed by atoms with Crippen molar-refractivity contribution >= 4 is 23.4 Å². The van der Waals surface area contributed by atoms with Gasteiger partial charge < -0.3 is 20.7 Å². The number of hydrogen-bond donors (Lipinski definition) is 2. The number of ether oxygens (including phenoxy) is 1. The molecule has 0 radical (unpaired) electrons. The van der Waals surface area contributed by atoms with Crippen LogP contribution in [0.5, 0.6) is 5.75 Å². The number of aliphatic imine (C=N–C) groups is 1. The van der Waals surface area contributed by atoms with Crippen LogP contribution in [-0.2, 0) is 0 Å². The predicted octanol–water partition coefficient (Wildman–Crippen LogP) is 3.39. The number of fused-ring (bicyclic) bond motifs is 2. The maximum Gasteiger partial charge on any atom is 0.252 e. The largest absolute Gasteiger partial charge is 0.496 e. The van der Waals surface area contributed by atoms with E-state index in [0.29, 0.717) is 17.8 Å². The number of likely N-dealkylation sites (tertiary alicyclic amines) is 1. The molecule has 2 heterocycles. The fraction of sp³-hybridized carbons (Fsp3) is 0.407. The summed E-state index contributed by atoms with van der Waals surface area (Å²) in [6.45, 7) is 6.07. The Morgan fingerprint density at radius 3 is 2.62 bits per heavy atom. The van der Waals surface area contributed by atoms with Crippen LogP contribution in [0, 0.1) is 6.92 Å². The smallest absolute Gasteiger partial charge is 0.252 e. The molecule has 180 valence electrons. The lowest BCUT2D eigenvalue weighted by atomic mass is 10.00. The van der Waals surface area contributed by atoms with Crippen LogP contribution in [0.3, 0.4) is 0 Å². The first-order chi connectivity index (χ1) is 16.4. The number of allylic oxidation sites excluding steroid dienone is 1. The topological polar surface area (TPSA) is 83.2 Å². The van der Waals surface area contributed by atoms with Gasteiger partial charge in [0.25, 0.3) is 5.91 Å². The normalized spacial score (nSPS) is 21.3. The van der Waals surface area contributed by atoms with Crippen molar-refractivity contribution in [1.29, 1.82) is 0 Å². The number of carbonyl (C=O) groups excluding carboxylic acids is 1. The van der Waals surface area contributed by atoms with Crippen molar-refractivity contribution in [3.63, 3.8) is 0 Å². The molecule has 34 heavy (non-hydrogen) atoms. The SMILES string of the molecule is CN=CC(=CN)c1ccc([C@@H](C)NC(=O)c2cc(N3C[C@H]4CC3CN4C)ccc2C)cc1OC. The summed E-state index contributed by atoms with van der Waals surface area (Å²) in [6, 6.07) is 13.1. The molecule has 2 aromatic rings. The Morgan fingerprint density at radius 1 is 1.21 bits per heavy atom. The van der Waals surface area contributed by atoms with Crippen molar-refractivity contribution in [1.82, 2.24) is 10.2 Å². The number of aryl methyl sites for hydroxylation is 1. The van der Waals surface area contributed by atoms with Gasteiger partial charge in [-0.3, -0.25) is 14.7 Å². The summed E-state index contributed by atoms with van der Waals surface area (Å²) in [7, 11) is 5.52. The van der Waals surface area contributed by atoms with Gasteiger partial charge in [0.15, 0.2) is 0 Å². The molecule has 2 aromatic carbocycles. The van der Waals surface area contributed by atoms with Crippen LogP contribution in [-0.4, -0.2) is 63.4 Å². The molecule has 1 amide bonds. The minimum absolute atomic E-state index is 0.0722. The van der Waals surface area contributed by atoms with E-state index in [4.69, 9.17) is 10.5 Å². The van der Waals surface area contributed by atoms with E-state index in [9.17, 15) is 4.79 Å². The molecular formula is C27H35N5O2. The average Bonchev–Trinajstić information content (AvgIpc) is 3.42. The van der Waals surface area contributed by atoms with Crippen LogP contribution in [0.4, 0.5) is 5.69 Å². The van der Waals surface area contributed by atoms with Crippen molar-refractivity contribution < 1.29 is 9.53 Å². The molecule has 4 rings (SSSR count). The van der Waals surface area contributed by atoms with E-state index in [0.717, 1.165) is 46.6 Å². The molecule has 2 saturated heterocycles. The molecule has 0 aromatic heterocycles. The summed E-state index contributed by atoms with van der Waals surface area (Å²) in [5.74, 6) is 0.611. The van der Waals surface area contributed by atoms with Gasteiger partial charge in [-0.2, -0.15) is 0 Å². The first kappa shape index (κ1) is 23.8. The van der Waals surface area contributed by atoms with Gasteiger partial charge in [-0.1, -0.05) is 18.2 Å². The highest BCUT2D eigenvalue weighted by Crippen LogP contribution is 2.34. The second-order valence-electron chi connectivity index (χ2n) is 9.30. The molecule has 2 aliphatic heterocycles. The van der Waals surface area contributed by atoms with Crippen molar-refractivity contribution in [2.24, 2.45) is 10.7 Å². The van der Waals surface area contributed by atoms with Gasteiger partial charge in [-0.15, -0.1) is 0 Å². The van der Waals surface area contributed by atoms with E-state index in [2.05, 4.69) is 39.3 Å². The number of nitrogens with one attached hydrogen (secondary N) is 1. The van der Waals surface area contributed by atoms with Crippen LogP contribution in [0.2, 0.25) is 0 Å². The number of carbonyl (C=O) groups is 1. The number of hydrogen-bond acceptors (Lipinski definition) is 6. The average molecular weight is 462 g/mol. The lowest BCUT2D eigenvalue weighted by Crippen LogP contribution is -2.44. The molecule has 3 atom stereocenters. The Labute approximate surface area is 202 Å². The molecule has 1 unspecified atom stereocenters. The third-order valence-electron chi connectivity index (χ3n) is 7.14. The monoisotopic (exact) mass is 461 g/mol. The van der Waals surface area contributed by atoms with Crippen LogP contribution in [0.25, 0.3) is 5.57 Å². The molecule has 2 bridgehead atoms. The highest BCUT2D eigenvalue weighted by Gasteiger charge is 2.41. The minimum atomic E-state index is -0.194. The van der Waals surface area contributed by atoms with E-state index in [1.165, 1.54) is 12.6 Å². The van der Waals surface area contributed by atoms with Gasteiger partial charge in [0.2, 0.25) is 0 Å². The second-order valence-corrected chi connectivity index (χ2v) is 9.30. The van der Waals surface area contributed by atoms with Crippen LogP contribution in [0.15, 0.2) is 47.6 Å². The predicted molar refractivity (Wildman–Crippen MR) is 139 cm³/mol. The zero-order valence-corrected chi connectivity index (χ0v) is 20.7. The van der Waals surface area contributed by atoms with Crippen molar-refractivity contribution in [2.45, 2.75) is 38.4 Å². The summed E-state index contributed by atoms with van der Waals surface area (Å²) < 4.78 is 5.60. The summed E-state index contributed by atoms with van der Waals surface area (Å²) >= 11 is 0. The van der Waals surface area contributed by atoms with E-state index in [-0.39, 0.29) is 11.9 Å². The van der Waals surface area contributed by atoms with Crippen LogP contribution < -0.4 is 20.7 Å². The number of amides is 1. The van der Waals surface area contributed by atoms with E-state index in [1.54, 1.807) is 20.4 Å². The molecule has 3 N–H and O–H groups in total. The Balaban J connectivity index is 1.52. The third-order valence-corrected chi connectivity index (χ3v) is 7.14. The Hall–Kier alpha value is -3.32. The molecule has 0 saturated carbocycles. The van der Waals surface area contributed by atoms with Gasteiger partial charge in [-0.05, 0) is 56.6 Å². The van der Waals surface area contributed by atoms with Crippen molar-refractivity contribution in [3.05, 3.63) is 64.9 Å². The number of piperazine rings is 1. The summed E-state index contributed by atoms with van der Waals surface area (Å²) in [5.41, 5.74) is 11.2. The second kappa shape index (κ2) is 9.89. The van der Waals surface area contributed by atoms with Gasteiger partial charge >= 0.3 is 0 Å². The van der Waals surface area contributed by atoms with Gasteiger partial charge in [0, 0.05) is 67.0 Å². The minimum Gasteiger partial charge on any atom is -0.496 e. The van der Waals surface area contributed by atoms with Crippen LogP contribution in [0.1, 0.15) is 46.4 Å². The Kier molecular flexibility index (Phi) is 6.93. The summed E-state index contributed by atoms with van der Waals surface area (Å²) in [5, 5.41) is 3.16. The standard InChI is InChI=1S/C27H35N5O2/c1-17-6-8-21(32-16-22-11-23(32)15-31(22)4)12-25(17)27(33)30-18(2)19-7-9-24(26(10-19)34-5)20(13-28)14-29-3/h6-10,12-14,18,22-23H,11,15-16,28H2,1-5H3,(H,30,33)/t18-,22-,23?/m1/s1. The number of benzene rings is 2. The molecule has 7 nitrogen and oxygen atoms in total. The van der Waals surface area contributed by atoms with Gasteiger partial charge in [0.05, 0.1) is 13.2 Å². The number of anilines is 1. The molecule has 2 fully saturated rings. The van der Waals surface area contributed by atoms with Gasteiger partial charge in [0.1, 0.15) is 5.75 Å². The zero-order valence-electron chi connectivity index (χ0n) is 20.7.